The number of hydrogen-bond acceptors (Lipinski definition) is 3. The maximum absolute atomic E-state index is 8.86. The summed E-state index contributed by atoms with van der Waals surface area (Å²) in [5.74, 6) is 0. The molecule has 1 aliphatic heterocycles. The van der Waals surface area contributed by atoms with E-state index in [1.165, 1.54) is 6.92 Å². The summed E-state index contributed by atoms with van der Waals surface area (Å²) in [6.07, 6.45) is 1.65. The first-order valence-electron chi connectivity index (χ1n) is 5.47. The summed E-state index contributed by atoms with van der Waals surface area (Å²) in [6.45, 7) is 11.4. The summed E-state index contributed by atoms with van der Waals surface area (Å²) in [5.41, 5.74) is 0. The molecule has 0 aromatic heterocycles. The third-order valence-electron chi connectivity index (χ3n) is 1.37. The number of carbonyl (C=O) groups excluding carboxylic acids is 1. The summed E-state index contributed by atoms with van der Waals surface area (Å²) >= 11 is 0. The van der Waals surface area contributed by atoms with E-state index in [9.17, 15) is 0 Å². The van der Waals surface area contributed by atoms with Gasteiger partial charge >= 0.3 is 0 Å². The van der Waals surface area contributed by atoms with Crippen molar-refractivity contribution >= 4 is 6.29 Å². The minimum atomic E-state index is -0.0509. The molecule has 0 aromatic rings. The first-order valence-corrected chi connectivity index (χ1v) is 5.47. The van der Waals surface area contributed by atoms with Crippen molar-refractivity contribution in [1.82, 2.24) is 4.90 Å². The van der Waals surface area contributed by atoms with Gasteiger partial charge in [-0.2, -0.15) is 0 Å². The van der Waals surface area contributed by atoms with Gasteiger partial charge in [0.25, 0.3) is 0 Å². The first-order chi connectivity index (χ1) is 6.70. The summed E-state index contributed by atoms with van der Waals surface area (Å²) in [5, 5.41) is 8.86. The number of likely N-dealkylation sites (tertiary alicyclic amines) is 1. The Kier molecular flexibility index (Phi) is 25.2. The lowest BCUT2D eigenvalue weighted by Gasteiger charge is -2.02. The number of aldehydes is 1. The quantitative estimate of drug-likeness (QED) is 0.614. The molecule has 0 spiro atoms. The van der Waals surface area contributed by atoms with Crippen LogP contribution in [-0.2, 0) is 4.79 Å². The second kappa shape index (κ2) is 18.4. The molecule has 1 rings (SSSR count). The molecule has 1 N–H and O–H groups in total. The van der Waals surface area contributed by atoms with E-state index in [2.05, 4.69) is 4.90 Å². The van der Waals surface area contributed by atoms with Gasteiger partial charge in [0.2, 0.25) is 0 Å². The molecule has 0 aliphatic carbocycles. The molecule has 88 valence electrons. The molecule has 0 radical (unpaired) electrons. The SMILES string of the molecule is CC.CC.CC=O.CN1CCC(O)C1. The maximum Gasteiger partial charge on any atom is 0.116 e. The van der Waals surface area contributed by atoms with Crippen LogP contribution in [0, 0.1) is 0 Å². The average Bonchev–Trinajstić information content (AvgIpc) is 2.58. The van der Waals surface area contributed by atoms with Gasteiger partial charge in [0.1, 0.15) is 6.29 Å². The second-order valence-electron chi connectivity index (χ2n) is 2.44. The summed E-state index contributed by atoms with van der Waals surface area (Å²) in [6, 6.07) is 0. The molecule has 1 fully saturated rings. The molecular weight excluding hydrogens is 178 g/mol. The summed E-state index contributed by atoms with van der Waals surface area (Å²) < 4.78 is 0. The van der Waals surface area contributed by atoms with Gasteiger partial charge in [-0.25, -0.2) is 0 Å². The third-order valence-corrected chi connectivity index (χ3v) is 1.37. The Balaban J connectivity index is -0.000000148. The molecule has 0 saturated carbocycles. The van der Waals surface area contributed by atoms with Gasteiger partial charge in [0, 0.05) is 13.1 Å². The Morgan fingerprint density at radius 2 is 1.64 bits per heavy atom. The van der Waals surface area contributed by atoms with E-state index >= 15 is 0 Å². The number of β-amino-alcohol motifs (C(OH)–C–C–N with tert-alkyl or cyclic N) is 1. The Morgan fingerprint density at radius 1 is 1.29 bits per heavy atom. The van der Waals surface area contributed by atoms with Gasteiger partial charge in [-0.3, -0.25) is 0 Å². The summed E-state index contributed by atoms with van der Waals surface area (Å²) in [7, 11) is 2.02. The van der Waals surface area contributed by atoms with E-state index in [0.717, 1.165) is 25.8 Å². The van der Waals surface area contributed by atoms with Gasteiger partial charge in [-0.05, 0) is 20.4 Å². The molecule has 0 bridgehead atoms. The van der Waals surface area contributed by atoms with Crippen LogP contribution in [-0.4, -0.2) is 42.5 Å². The third kappa shape index (κ3) is 17.6. The second-order valence-corrected chi connectivity index (χ2v) is 2.44. The lowest BCUT2D eigenvalue weighted by Crippen LogP contribution is -2.15. The lowest BCUT2D eigenvalue weighted by molar-refractivity contribution is -0.106. The Morgan fingerprint density at radius 3 is 1.71 bits per heavy atom. The number of carbonyl (C=O) groups is 1. The van der Waals surface area contributed by atoms with Crippen molar-refractivity contribution in [1.29, 1.82) is 0 Å². The van der Waals surface area contributed by atoms with Crippen LogP contribution in [0.1, 0.15) is 41.0 Å². The molecule has 0 aromatic carbocycles. The van der Waals surface area contributed by atoms with Crippen LogP contribution < -0.4 is 0 Å². The fourth-order valence-corrected chi connectivity index (χ4v) is 0.912. The highest BCUT2D eigenvalue weighted by atomic mass is 16.3. The maximum atomic E-state index is 8.86. The molecule has 1 atom stereocenters. The summed E-state index contributed by atoms with van der Waals surface area (Å²) in [4.78, 5) is 10.9. The van der Waals surface area contributed by atoms with Gasteiger partial charge in [-0.1, -0.05) is 27.7 Å². The van der Waals surface area contributed by atoms with Crippen LogP contribution in [0.15, 0.2) is 0 Å². The van der Waals surface area contributed by atoms with Crippen LogP contribution in [0.5, 0.6) is 0 Å². The smallest absolute Gasteiger partial charge is 0.116 e. The molecule has 1 aliphatic rings. The monoisotopic (exact) mass is 205 g/mol. The molecule has 1 unspecified atom stereocenters. The largest absolute Gasteiger partial charge is 0.392 e. The van der Waals surface area contributed by atoms with Crippen molar-refractivity contribution in [2.24, 2.45) is 0 Å². The van der Waals surface area contributed by atoms with Crippen LogP contribution >= 0.6 is 0 Å². The molecule has 1 saturated heterocycles. The van der Waals surface area contributed by atoms with Gasteiger partial charge in [0.05, 0.1) is 6.10 Å². The Hall–Kier alpha value is -0.410. The van der Waals surface area contributed by atoms with Gasteiger partial charge in [0.15, 0.2) is 0 Å². The molecule has 3 heteroatoms. The lowest BCUT2D eigenvalue weighted by atomic mass is 10.3. The van der Waals surface area contributed by atoms with Gasteiger partial charge in [-0.15, -0.1) is 0 Å². The number of nitrogens with zero attached hydrogens (tertiary/aromatic N) is 1. The predicted molar refractivity (Wildman–Crippen MR) is 62.6 cm³/mol. The van der Waals surface area contributed by atoms with Crippen LogP contribution in [0.25, 0.3) is 0 Å². The number of aliphatic hydroxyl groups excluding tert-OH is 1. The van der Waals surface area contributed by atoms with E-state index in [1.54, 1.807) is 0 Å². The highest BCUT2D eigenvalue weighted by Crippen LogP contribution is 2.03. The van der Waals surface area contributed by atoms with Crippen molar-refractivity contribution < 1.29 is 9.90 Å². The average molecular weight is 205 g/mol. The zero-order valence-electron chi connectivity index (χ0n) is 10.6. The van der Waals surface area contributed by atoms with Gasteiger partial charge < -0.3 is 14.8 Å². The highest BCUT2D eigenvalue weighted by Gasteiger charge is 2.14. The van der Waals surface area contributed by atoms with E-state index in [0.29, 0.717) is 0 Å². The van der Waals surface area contributed by atoms with E-state index in [-0.39, 0.29) is 6.10 Å². The molecule has 1 heterocycles. The fraction of sp³-hybridized carbons (Fsp3) is 0.909. The van der Waals surface area contributed by atoms with Crippen molar-refractivity contribution in [2.75, 3.05) is 20.1 Å². The van der Waals surface area contributed by atoms with Crippen molar-refractivity contribution in [2.45, 2.75) is 47.1 Å². The first kappa shape index (κ1) is 19.2. The zero-order valence-corrected chi connectivity index (χ0v) is 10.6. The Bertz CT molecular complexity index is 89.3. The molecule has 0 amide bonds. The van der Waals surface area contributed by atoms with Crippen molar-refractivity contribution in [3.05, 3.63) is 0 Å². The number of rotatable bonds is 0. The minimum Gasteiger partial charge on any atom is -0.392 e. The number of hydrogen-bond donors (Lipinski definition) is 1. The normalized spacial score (nSPS) is 18.9. The van der Waals surface area contributed by atoms with E-state index in [4.69, 9.17) is 9.90 Å². The topological polar surface area (TPSA) is 40.5 Å². The fourth-order valence-electron chi connectivity index (χ4n) is 0.912. The molecule has 3 nitrogen and oxygen atoms in total. The minimum absolute atomic E-state index is 0.0509. The van der Waals surface area contributed by atoms with Crippen LogP contribution in [0.3, 0.4) is 0 Å². The molecular formula is C11H27NO2. The zero-order chi connectivity index (χ0) is 12.0. The standard InChI is InChI=1S/C5H11NO.C2H4O.2C2H6/c1-6-3-2-5(7)4-6;1-2-3;2*1-2/h5,7H,2-4H2,1H3;2H,1H3;2*1-2H3. The van der Waals surface area contributed by atoms with Crippen molar-refractivity contribution in [3.63, 3.8) is 0 Å². The van der Waals surface area contributed by atoms with E-state index in [1.807, 2.05) is 34.7 Å². The number of likely N-dealkylation sites (N-methyl/N-ethyl adjacent to an activating group) is 1. The van der Waals surface area contributed by atoms with Crippen molar-refractivity contribution in [3.8, 4) is 0 Å². The van der Waals surface area contributed by atoms with E-state index < -0.39 is 0 Å². The highest BCUT2D eigenvalue weighted by molar-refractivity contribution is 5.44. The molecule has 14 heavy (non-hydrogen) atoms. The van der Waals surface area contributed by atoms with Crippen LogP contribution in [0.4, 0.5) is 0 Å². The number of aliphatic hydroxyl groups is 1. The van der Waals surface area contributed by atoms with Crippen LogP contribution in [0.2, 0.25) is 0 Å². The predicted octanol–water partition coefficient (Wildman–Crippen LogP) is 1.94. The Labute approximate surface area is 89.1 Å².